The van der Waals surface area contributed by atoms with Crippen molar-refractivity contribution in [2.75, 3.05) is 26.3 Å². The van der Waals surface area contributed by atoms with Gasteiger partial charge < -0.3 is 14.4 Å². The molecule has 0 spiro atoms. The standard InChI is InChI=1S/C22H25NO3/c24-21(23-12-6-10-19(16-23)22-25-13-14-26-22)20-11-5-4-9-18(20)15-17-7-2-1-3-8-17/h1-5,7-9,11,19,22H,6,10,12-16H2. The number of benzene rings is 2. The highest BCUT2D eigenvalue weighted by Crippen LogP contribution is 2.26. The maximum atomic E-state index is 13.2. The fourth-order valence-corrected chi connectivity index (χ4v) is 3.93. The molecule has 2 aliphatic heterocycles. The zero-order valence-electron chi connectivity index (χ0n) is 15.0. The summed E-state index contributed by atoms with van der Waals surface area (Å²) in [6.45, 7) is 2.84. The van der Waals surface area contributed by atoms with Gasteiger partial charge in [0.15, 0.2) is 6.29 Å². The lowest BCUT2D eigenvalue weighted by Crippen LogP contribution is -2.44. The third kappa shape index (κ3) is 3.81. The minimum Gasteiger partial charge on any atom is -0.350 e. The molecule has 1 amide bonds. The van der Waals surface area contributed by atoms with E-state index in [2.05, 4.69) is 18.2 Å². The fourth-order valence-electron chi connectivity index (χ4n) is 3.93. The van der Waals surface area contributed by atoms with Crippen molar-refractivity contribution in [3.05, 3.63) is 71.3 Å². The van der Waals surface area contributed by atoms with Gasteiger partial charge in [0.25, 0.3) is 5.91 Å². The second kappa shape index (κ2) is 8.02. The largest absolute Gasteiger partial charge is 0.350 e. The lowest BCUT2D eigenvalue weighted by Gasteiger charge is -2.35. The van der Waals surface area contributed by atoms with Crippen molar-refractivity contribution in [3.63, 3.8) is 0 Å². The number of carbonyl (C=O) groups excluding carboxylic acids is 1. The Bertz CT molecular complexity index is 740. The van der Waals surface area contributed by atoms with Crippen molar-refractivity contribution in [2.45, 2.75) is 25.6 Å². The van der Waals surface area contributed by atoms with E-state index in [1.165, 1.54) is 5.56 Å². The number of hydrogen-bond donors (Lipinski definition) is 0. The van der Waals surface area contributed by atoms with Gasteiger partial charge in [-0.25, -0.2) is 0 Å². The summed E-state index contributed by atoms with van der Waals surface area (Å²) >= 11 is 0. The number of ether oxygens (including phenoxy) is 2. The number of piperidine rings is 1. The molecule has 2 aromatic carbocycles. The maximum absolute atomic E-state index is 13.2. The molecular formula is C22H25NO3. The van der Waals surface area contributed by atoms with Crippen molar-refractivity contribution >= 4 is 5.91 Å². The second-order valence-electron chi connectivity index (χ2n) is 7.08. The summed E-state index contributed by atoms with van der Waals surface area (Å²) < 4.78 is 11.3. The molecule has 4 heteroatoms. The van der Waals surface area contributed by atoms with Gasteiger partial charge in [-0.1, -0.05) is 48.5 Å². The first-order chi connectivity index (χ1) is 12.8. The Morgan fingerprint density at radius 2 is 1.73 bits per heavy atom. The van der Waals surface area contributed by atoms with E-state index in [1.54, 1.807) is 0 Å². The number of carbonyl (C=O) groups is 1. The van der Waals surface area contributed by atoms with Crippen LogP contribution in [-0.2, 0) is 15.9 Å². The molecule has 26 heavy (non-hydrogen) atoms. The number of rotatable bonds is 4. The molecular weight excluding hydrogens is 326 g/mol. The number of likely N-dealkylation sites (tertiary alicyclic amines) is 1. The van der Waals surface area contributed by atoms with E-state index in [9.17, 15) is 4.79 Å². The molecule has 4 rings (SSSR count). The average molecular weight is 351 g/mol. The van der Waals surface area contributed by atoms with E-state index >= 15 is 0 Å². The molecule has 0 N–H and O–H groups in total. The molecule has 2 heterocycles. The van der Waals surface area contributed by atoms with Crippen LogP contribution in [0.25, 0.3) is 0 Å². The van der Waals surface area contributed by atoms with Gasteiger partial charge in [-0.3, -0.25) is 4.79 Å². The lowest BCUT2D eigenvalue weighted by molar-refractivity contribution is -0.0969. The van der Waals surface area contributed by atoms with Gasteiger partial charge >= 0.3 is 0 Å². The Hall–Kier alpha value is -2.17. The van der Waals surface area contributed by atoms with Crippen LogP contribution in [0.1, 0.15) is 34.3 Å². The van der Waals surface area contributed by atoms with Gasteiger partial charge in [0.05, 0.1) is 13.2 Å². The Morgan fingerprint density at radius 3 is 2.54 bits per heavy atom. The van der Waals surface area contributed by atoms with E-state index < -0.39 is 0 Å². The second-order valence-corrected chi connectivity index (χ2v) is 7.08. The number of nitrogens with zero attached hydrogens (tertiary/aromatic N) is 1. The summed E-state index contributed by atoms with van der Waals surface area (Å²) in [4.78, 5) is 15.2. The predicted molar refractivity (Wildman–Crippen MR) is 100 cm³/mol. The van der Waals surface area contributed by atoms with Crippen LogP contribution >= 0.6 is 0 Å². The van der Waals surface area contributed by atoms with E-state index in [4.69, 9.17) is 9.47 Å². The van der Waals surface area contributed by atoms with Crippen LogP contribution in [-0.4, -0.2) is 43.4 Å². The van der Waals surface area contributed by atoms with E-state index in [1.807, 2.05) is 41.3 Å². The molecule has 0 saturated carbocycles. The van der Waals surface area contributed by atoms with Gasteiger partial charge in [-0.15, -0.1) is 0 Å². The predicted octanol–water partition coefficient (Wildman–Crippen LogP) is 3.50. The van der Waals surface area contributed by atoms with Crippen LogP contribution in [0.4, 0.5) is 0 Å². The topological polar surface area (TPSA) is 38.8 Å². The average Bonchev–Trinajstić information content (AvgIpc) is 3.24. The van der Waals surface area contributed by atoms with Crippen LogP contribution in [0.15, 0.2) is 54.6 Å². The first-order valence-electron chi connectivity index (χ1n) is 9.45. The van der Waals surface area contributed by atoms with Crippen LogP contribution in [0.3, 0.4) is 0 Å². The SMILES string of the molecule is O=C(c1ccccc1Cc1ccccc1)N1CCCC(C2OCCO2)C1. The molecule has 2 fully saturated rings. The Kier molecular flexibility index (Phi) is 5.32. The normalized spacial score (nSPS) is 21.1. The third-order valence-corrected chi connectivity index (χ3v) is 5.26. The first kappa shape index (κ1) is 17.3. The molecule has 0 bridgehead atoms. The molecule has 2 aromatic rings. The van der Waals surface area contributed by atoms with Crippen molar-refractivity contribution in [2.24, 2.45) is 5.92 Å². The van der Waals surface area contributed by atoms with Gasteiger partial charge in [-0.2, -0.15) is 0 Å². The van der Waals surface area contributed by atoms with Crippen molar-refractivity contribution < 1.29 is 14.3 Å². The highest BCUT2D eigenvalue weighted by atomic mass is 16.7. The zero-order chi connectivity index (χ0) is 17.8. The smallest absolute Gasteiger partial charge is 0.254 e. The highest BCUT2D eigenvalue weighted by molar-refractivity contribution is 5.95. The molecule has 2 aliphatic rings. The number of hydrogen-bond acceptors (Lipinski definition) is 3. The molecule has 136 valence electrons. The van der Waals surface area contributed by atoms with Gasteiger partial charge in [-0.05, 0) is 36.5 Å². The lowest BCUT2D eigenvalue weighted by atomic mass is 9.95. The minimum absolute atomic E-state index is 0.124. The third-order valence-electron chi connectivity index (χ3n) is 5.26. The van der Waals surface area contributed by atoms with Crippen LogP contribution in [0.2, 0.25) is 0 Å². The van der Waals surface area contributed by atoms with Gasteiger partial charge in [0.1, 0.15) is 0 Å². The Balaban J connectivity index is 1.50. The summed E-state index contributed by atoms with van der Waals surface area (Å²) in [5.74, 6) is 0.399. The fraction of sp³-hybridized carbons (Fsp3) is 0.409. The zero-order valence-corrected chi connectivity index (χ0v) is 15.0. The van der Waals surface area contributed by atoms with Crippen LogP contribution in [0.5, 0.6) is 0 Å². The van der Waals surface area contributed by atoms with Crippen LogP contribution < -0.4 is 0 Å². The first-order valence-corrected chi connectivity index (χ1v) is 9.45. The van der Waals surface area contributed by atoms with E-state index in [-0.39, 0.29) is 18.1 Å². The van der Waals surface area contributed by atoms with Crippen LogP contribution in [0, 0.1) is 5.92 Å². The molecule has 1 unspecified atom stereocenters. The minimum atomic E-state index is -0.148. The van der Waals surface area contributed by atoms with Gasteiger partial charge in [0, 0.05) is 24.6 Å². The Morgan fingerprint density at radius 1 is 1.00 bits per heavy atom. The summed E-state index contributed by atoms with van der Waals surface area (Å²) in [5, 5.41) is 0. The van der Waals surface area contributed by atoms with Crippen molar-refractivity contribution in [1.82, 2.24) is 4.90 Å². The molecule has 2 saturated heterocycles. The maximum Gasteiger partial charge on any atom is 0.254 e. The van der Waals surface area contributed by atoms with Crippen molar-refractivity contribution in [1.29, 1.82) is 0 Å². The highest BCUT2D eigenvalue weighted by Gasteiger charge is 2.33. The molecule has 0 aromatic heterocycles. The quantitative estimate of drug-likeness (QED) is 0.846. The Labute approximate surface area is 154 Å². The van der Waals surface area contributed by atoms with Gasteiger partial charge in [0.2, 0.25) is 0 Å². The van der Waals surface area contributed by atoms with E-state index in [0.29, 0.717) is 19.8 Å². The van der Waals surface area contributed by atoms with E-state index in [0.717, 1.165) is 36.9 Å². The monoisotopic (exact) mass is 351 g/mol. The summed E-state index contributed by atoms with van der Waals surface area (Å²) in [5.41, 5.74) is 3.11. The summed E-state index contributed by atoms with van der Waals surface area (Å²) in [7, 11) is 0. The molecule has 4 nitrogen and oxygen atoms in total. The molecule has 1 atom stereocenters. The number of amides is 1. The summed E-state index contributed by atoms with van der Waals surface area (Å²) in [6.07, 6.45) is 2.68. The summed E-state index contributed by atoms with van der Waals surface area (Å²) in [6, 6.07) is 18.3. The molecule has 0 aliphatic carbocycles. The molecule has 0 radical (unpaired) electrons. The van der Waals surface area contributed by atoms with Crippen molar-refractivity contribution in [3.8, 4) is 0 Å².